The number of para-hydroxylation sites is 1. The second kappa shape index (κ2) is 6.19. The maximum absolute atomic E-state index is 13.5. The van der Waals surface area contributed by atoms with E-state index >= 15 is 0 Å². The molecule has 0 amide bonds. The smallest absolute Gasteiger partial charge is 0.377 e. The van der Waals surface area contributed by atoms with Crippen LogP contribution in [0.3, 0.4) is 0 Å². The molecule has 4 rings (SSSR count). The molecule has 1 aliphatic carbocycles. The first-order valence-electron chi connectivity index (χ1n) is 9.09. The Labute approximate surface area is 151 Å². The molecule has 2 aliphatic rings. The Morgan fingerprint density at radius 3 is 2.42 bits per heavy atom. The lowest BCUT2D eigenvalue weighted by Gasteiger charge is -2.38. The number of hydrogen-bond donors (Lipinski definition) is 1. The number of nitrogens with one attached hydrogen (secondary N) is 1. The topological polar surface area (TPSA) is 12.0 Å². The summed E-state index contributed by atoms with van der Waals surface area (Å²) < 4.78 is 40.6. The van der Waals surface area contributed by atoms with Crippen LogP contribution in [-0.4, -0.2) is 0 Å². The maximum atomic E-state index is 13.5. The van der Waals surface area contributed by atoms with Crippen molar-refractivity contribution in [3.05, 3.63) is 76.9 Å². The molecule has 0 fully saturated rings. The maximum Gasteiger partial charge on any atom is 0.418 e. The lowest BCUT2D eigenvalue weighted by Crippen LogP contribution is -2.30. The first-order chi connectivity index (χ1) is 12.4. The summed E-state index contributed by atoms with van der Waals surface area (Å²) in [7, 11) is 0. The van der Waals surface area contributed by atoms with Crippen LogP contribution in [0, 0.1) is 5.92 Å². The van der Waals surface area contributed by atoms with Crippen molar-refractivity contribution in [3.63, 3.8) is 0 Å². The van der Waals surface area contributed by atoms with Gasteiger partial charge in [0.25, 0.3) is 0 Å². The lowest BCUT2D eigenvalue weighted by molar-refractivity contribution is -0.137. The zero-order valence-corrected chi connectivity index (χ0v) is 14.8. The minimum absolute atomic E-state index is 0.0309. The Morgan fingerprint density at radius 1 is 1.04 bits per heavy atom. The summed E-state index contributed by atoms with van der Waals surface area (Å²) in [5.74, 6) is 0.709. The number of alkyl halides is 3. The van der Waals surface area contributed by atoms with E-state index in [1.54, 1.807) is 0 Å². The summed E-state index contributed by atoms with van der Waals surface area (Å²) in [5, 5.41) is 3.25. The highest BCUT2D eigenvalue weighted by Gasteiger charge is 2.42. The lowest BCUT2D eigenvalue weighted by atomic mass is 9.76. The van der Waals surface area contributed by atoms with E-state index in [0.29, 0.717) is 5.92 Å². The fourth-order valence-electron chi connectivity index (χ4n) is 4.28. The van der Waals surface area contributed by atoms with Gasteiger partial charge in [0.1, 0.15) is 0 Å². The van der Waals surface area contributed by atoms with Gasteiger partial charge in [-0.1, -0.05) is 62.4 Å². The fraction of sp³-hybridized carbons (Fsp3) is 0.364. The molecule has 0 unspecified atom stereocenters. The number of hydrogen-bond acceptors (Lipinski definition) is 1. The van der Waals surface area contributed by atoms with Crippen LogP contribution >= 0.6 is 0 Å². The molecule has 3 atom stereocenters. The van der Waals surface area contributed by atoms with E-state index in [-0.39, 0.29) is 23.6 Å². The SMILES string of the molecule is CC(C)c1ccc([C@@H]2Nc3c(cccc3C(F)(F)F)[C@@H]3C=CC[C@H]32)cc1. The molecule has 2 aromatic rings. The van der Waals surface area contributed by atoms with E-state index in [9.17, 15) is 13.2 Å². The average molecular weight is 357 g/mol. The number of anilines is 1. The van der Waals surface area contributed by atoms with Crippen LogP contribution in [0.2, 0.25) is 0 Å². The van der Waals surface area contributed by atoms with Crippen LogP contribution in [0.1, 0.15) is 60.4 Å². The van der Waals surface area contributed by atoms with E-state index in [2.05, 4.69) is 55.6 Å². The van der Waals surface area contributed by atoms with E-state index in [0.717, 1.165) is 17.5 Å². The van der Waals surface area contributed by atoms with Gasteiger partial charge in [-0.2, -0.15) is 13.2 Å². The largest absolute Gasteiger partial charge is 0.418 e. The van der Waals surface area contributed by atoms with Gasteiger partial charge in [-0.15, -0.1) is 0 Å². The number of halogens is 3. The van der Waals surface area contributed by atoms with Gasteiger partial charge in [0.05, 0.1) is 17.3 Å². The summed E-state index contributed by atoms with van der Waals surface area (Å²) in [5.41, 5.74) is 2.72. The molecule has 0 saturated heterocycles. The summed E-state index contributed by atoms with van der Waals surface area (Å²) in [6.07, 6.45) is 0.686. The summed E-state index contributed by atoms with van der Waals surface area (Å²) >= 11 is 0. The third-order valence-corrected chi connectivity index (χ3v) is 5.66. The van der Waals surface area contributed by atoms with Crippen molar-refractivity contribution in [2.75, 3.05) is 5.32 Å². The molecule has 0 aromatic heterocycles. The monoisotopic (exact) mass is 357 g/mol. The average Bonchev–Trinajstić information content (AvgIpc) is 3.09. The molecule has 1 N–H and O–H groups in total. The van der Waals surface area contributed by atoms with Crippen molar-refractivity contribution in [3.8, 4) is 0 Å². The van der Waals surface area contributed by atoms with Gasteiger partial charge in [0, 0.05) is 5.92 Å². The molecular formula is C22H22F3N. The van der Waals surface area contributed by atoms with Gasteiger partial charge in [-0.05, 0) is 41.0 Å². The minimum atomic E-state index is -4.36. The third kappa shape index (κ3) is 2.81. The van der Waals surface area contributed by atoms with E-state index in [1.165, 1.54) is 17.7 Å². The van der Waals surface area contributed by atoms with Gasteiger partial charge >= 0.3 is 6.18 Å². The van der Waals surface area contributed by atoms with E-state index < -0.39 is 11.7 Å². The van der Waals surface area contributed by atoms with Gasteiger partial charge < -0.3 is 5.32 Å². The predicted octanol–water partition coefficient (Wildman–Crippen LogP) is 6.66. The van der Waals surface area contributed by atoms with Crippen LogP contribution < -0.4 is 5.32 Å². The number of benzene rings is 2. The molecule has 0 bridgehead atoms. The normalized spacial score (nSPS) is 24.3. The second-order valence-corrected chi connectivity index (χ2v) is 7.56. The van der Waals surface area contributed by atoms with E-state index in [1.807, 2.05) is 6.07 Å². The first kappa shape index (κ1) is 17.2. The number of fused-ring (bicyclic) bond motifs is 3. The molecular weight excluding hydrogens is 335 g/mol. The molecule has 0 saturated carbocycles. The van der Waals surface area contributed by atoms with Crippen molar-refractivity contribution < 1.29 is 13.2 Å². The summed E-state index contributed by atoms with van der Waals surface area (Å²) in [6.45, 7) is 4.27. The Hall–Kier alpha value is -2.23. The molecule has 0 spiro atoms. The van der Waals surface area contributed by atoms with Crippen LogP contribution in [0.4, 0.5) is 18.9 Å². The quantitative estimate of drug-likeness (QED) is 0.593. The minimum Gasteiger partial charge on any atom is -0.377 e. The zero-order valence-electron chi connectivity index (χ0n) is 14.8. The van der Waals surface area contributed by atoms with Crippen LogP contribution in [0.5, 0.6) is 0 Å². The summed E-state index contributed by atoms with van der Waals surface area (Å²) in [4.78, 5) is 0. The highest BCUT2D eigenvalue weighted by atomic mass is 19.4. The first-order valence-corrected chi connectivity index (χ1v) is 9.09. The molecule has 4 heteroatoms. The predicted molar refractivity (Wildman–Crippen MR) is 98.3 cm³/mol. The van der Waals surface area contributed by atoms with Crippen molar-refractivity contribution >= 4 is 5.69 Å². The van der Waals surface area contributed by atoms with E-state index in [4.69, 9.17) is 0 Å². The van der Waals surface area contributed by atoms with Gasteiger partial charge in [-0.25, -0.2) is 0 Å². The number of rotatable bonds is 2. The van der Waals surface area contributed by atoms with Gasteiger partial charge in [-0.3, -0.25) is 0 Å². The van der Waals surface area contributed by atoms with Gasteiger partial charge in [0.15, 0.2) is 0 Å². The summed E-state index contributed by atoms with van der Waals surface area (Å²) in [6, 6.07) is 12.7. The second-order valence-electron chi connectivity index (χ2n) is 7.56. The van der Waals surface area contributed by atoms with Crippen molar-refractivity contribution in [2.24, 2.45) is 5.92 Å². The molecule has 0 radical (unpaired) electrons. The number of allylic oxidation sites excluding steroid dienone is 2. The van der Waals surface area contributed by atoms with Gasteiger partial charge in [0.2, 0.25) is 0 Å². The van der Waals surface area contributed by atoms with Crippen molar-refractivity contribution in [1.82, 2.24) is 0 Å². The Balaban J connectivity index is 1.78. The molecule has 26 heavy (non-hydrogen) atoms. The zero-order chi connectivity index (χ0) is 18.5. The molecule has 2 aromatic carbocycles. The fourth-order valence-corrected chi connectivity index (χ4v) is 4.28. The Kier molecular flexibility index (Phi) is 4.09. The molecule has 1 nitrogen and oxygen atoms in total. The van der Waals surface area contributed by atoms with Crippen molar-refractivity contribution in [2.45, 2.75) is 44.3 Å². The highest BCUT2D eigenvalue weighted by molar-refractivity contribution is 5.65. The molecule has 1 heterocycles. The van der Waals surface area contributed by atoms with Crippen LogP contribution in [-0.2, 0) is 6.18 Å². The van der Waals surface area contributed by atoms with Crippen LogP contribution in [0.25, 0.3) is 0 Å². The molecule has 1 aliphatic heterocycles. The highest BCUT2D eigenvalue weighted by Crippen LogP contribution is 2.52. The standard InChI is InChI=1S/C22H22F3N/c1-13(2)14-9-11-15(12-10-14)20-17-6-3-5-16(17)18-7-4-8-19(21(18)26-20)22(23,24)25/h3-5,7-13,16-17,20,26H,6H2,1-2H3/t16-,17-,20+/m1/s1. The van der Waals surface area contributed by atoms with Crippen molar-refractivity contribution in [1.29, 1.82) is 0 Å². The van der Waals surface area contributed by atoms with Crippen LogP contribution in [0.15, 0.2) is 54.6 Å². The Bertz CT molecular complexity index is 833. The Morgan fingerprint density at radius 2 is 1.77 bits per heavy atom. The third-order valence-electron chi connectivity index (χ3n) is 5.66. The molecule has 136 valence electrons.